The van der Waals surface area contributed by atoms with Gasteiger partial charge in [0.15, 0.2) is 0 Å². The Kier molecular flexibility index (Phi) is 15.5. The van der Waals surface area contributed by atoms with E-state index in [4.69, 9.17) is 18.9 Å². The van der Waals surface area contributed by atoms with Gasteiger partial charge in [0.25, 0.3) is 0 Å². The van der Waals surface area contributed by atoms with Crippen molar-refractivity contribution in [2.45, 2.75) is 78.5 Å². The zero-order valence-corrected chi connectivity index (χ0v) is 27.9. The molecule has 1 saturated carbocycles. The van der Waals surface area contributed by atoms with Crippen LogP contribution in [0.2, 0.25) is 0 Å². The monoisotopic (exact) mass is 658 g/mol. The largest absolute Gasteiger partial charge is 0.461 e. The van der Waals surface area contributed by atoms with E-state index in [-0.39, 0.29) is 44.9 Å². The number of allylic oxidation sites excluding steroid dienone is 2. The van der Waals surface area contributed by atoms with Crippen molar-refractivity contribution in [1.29, 1.82) is 0 Å². The number of carbonyl (C=O) groups is 5. The first-order valence-electron chi connectivity index (χ1n) is 16.5. The highest BCUT2D eigenvalue weighted by molar-refractivity contribution is 5.98. The number of esters is 1. The maximum atomic E-state index is 12.9. The minimum atomic E-state index is -0.941. The number of amides is 4. The lowest BCUT2D eigenvalue weighted by Gasteiger charge is -2.23. The molecule has 0 saturated heterocycles. The van der Waals surface area contributed by atoms with Crippen LogP contribution in [-0.2, 0) is 39.9 Å². The molecule has 13 nitrogen and oxygen atoms in total. The van der Waals surface area contributed by atoms with Crippen molar-refractivity contribution in [3.05, 3.63) is 42.0 Å². The van der Waals surface area contributed by atoms with Crippen molar-refractivity contribution in [2.24, 2.45) is 23.7 Å². The number of alkyl carbamates (subject to hydrolysis) is 2. The number of rotatable bonds is 17. The summed E-state index contributed by atoms with van der Waals surface area (Å²) < 4.78 is 21.0. The van der Waals surface area contributed by atoms with Gasteiger partial charge in [-0.2, -0.15) is 0 Å². The number of nitrogens with one attached hydrogen (secondary N) is 4. The second-order valence-electron chi connectivity index (χ2n) is 12.2. The summed E-state index contributed by atoms with van der Waals surface area (Å²) in [4.78, 5) is 61.2. The molecule has 1 aromatic rings. The number of carbonyl (C=O) groups excluding carboxylic acids is 5. The smallest absolute Gasteiger partial charge is 0.407 e. The van der Waals surface area contributed by atoms with E-state index in [0.717, 1.165) is 31.2 Å². The molecule has 5 atom stereocenters. The molecule has 0 spiro atoms. The molecule has 0 heterocycles. The van der Waals surface area contributed by atoms with Gasteiger partial charge >= 0.3 is 18.2 Å². The van der Waals surface area contributed by atoms with Crippen LogP contribution in [0.4, 0.5) is 15.3 Å². The fraction of sp³-hybridized carbons (Fsp3) is 0.618. The molecule has 0 radical (unpaired) electrons. The molecule has 3 rings (SSSR count). The molecule has 4 amide bonds. The normalized spacial score (nSPS) is 20.2. The van der Waals surface area contributed by atoms with Gasteiger partial charge in [-0.15, -0.1) is 0 Å². The average molecular weight is 659 g/mol. The first kappa shape index (κ1) is 37.3. The number of anilines is 1. The van der Waals surface area contributed by atoms with E-state index in [9.17, 15) is 24.0 Å². The fourth-order valence-electron chi connectivity index (χ4n) is 5.46. The third-order valence-electron chi connectivity index (χ3n) is 8.28. The predicted octanol–water partition coefficient (Wildman–Crippen LogP) is 4.07. The maximum absolute atomic E-state index is 12.9. The van der Waals surface area contributed by atoms with Crippen LogP contribution in [0.5, 0.6) is 0 Å². The van der Waals surface area contributed by atoms with Gasteiger partial charge in [-0.25, -0.2) is 9.59 Å². The zero-order valence-electron chi connectivity index (χ0n) is 27.9. The van der Waals surface area contributed by atoms with Crippen LogP contribution < -0.4 is 21.3 Å². The molecule has 260 valence electrons. The Morgan fingerprint density at radius 3 is 2.13 bits per heavy atom. The topological polar surface area (TPSA) is 170 Å². The van der Waals surface area contributed by atoms with E-state index in [0.29, 0.717) is 36.5 Å². The third-order valence-corrected chi connectivity index (χ3v) is 8.28. The Balaban J connectivity index is 1.26. The van der Waals surface area contributed by atoms with Gasteiger partial charge in [-0.3, -0.25) is 14.4 Å². The van der Waals surface area contributed by atoms with Crippen molar-refractivity contribution in [3.8, 4) is 0 Å². The molecule has 0 aromatic heterocycles. The van der Waals surface area contributed by atoms with Gasteiger partial charge in [-0.05, 0) is 74.0 Å². The average Bonchev–Trinajstić information content (AvgIpc) is 3.69. The van der Waals surface area contributed by atoms with Crippen molar-refractivity contribution in [3.63, 3.8) is 0 Å². The van der Waals surface area contributed by atoms with Crippen molar-refractivity contribution >= 4 is 35.7 Å². The van der Waals surface area contributed by atoms with E-state index in [1.54, 1.807) is 45.0 Å². The minimum absolute atomic E-state index is 0.0549. The second kappa shape index (κ2) is 19.5. The predicted molar refractivity (Wildman–Crippen MR) is 174 cm³/mol. The Morgan fingerprint density at radius 1 is 0.809 bits per heavy atom. The van der Waals surface area contributed by atoms with Gasteiger partial charge in [0.05, 0.1) is 19.8 Å². The number of hydrogen-bond donors (Lipinski definition) is 4. The Hall–Kier alpha value is -4.13. The van der Waals surface area contributed by atoms with Gasteiger partial charge in [0, 0.05) is 18.7 Å². The summed E-state index contributed by atoms with van der Waals surface area (Å²) >= 11 is 0. The van der Waals surface area contributed by atoms with Gasteiger partial charge in [0.2, 0.25) is 11.8 Å². The van der Waals surface area contributed by atoms with Crippen LogP contribution in [0.1, 0.15) is 65.4 Å². The van der Waals surface area contributed by atoms with Crippen LogP contribution in [-0.4, -0.2) is 75.0 Å². The summed E-state index contributed by atoms with van der Waals surface area (Å²) in [5.74, 6) is 0.220. The standard InChI is InChI=1S/C34H50N4O9/c1-5-29(39)46-20-24-12-14-25(15-13-24)37-31(40)23(4)36-32(41)30(22(2)3)38-34(43)45-19-18-44-17-16-35-33(42)47-21-28-26-10-8-6-7-9-11-27(26)28/h6-7,12-15,22-23,26-28,30H,5,8-11,16-21H2,1-4H3,(H,35,42)(H,36,41)(H,37,40)(H,38,43)/b7-6-/t23-,26-,27+,28?,30-/m0/s1. The number of ether oxygens (including phenoxy) is 4. The van der Waals surface area contributed by atoms with Crippen molar-refractivity contribution < 1.29 is 42.9 Å². The molecule has 47 heavy (non-hydrogen) atoms. The number of fused-ring (bicyclic) bond motifs is 1. The molecule has 0 bridgehead atoms. The van der Waals surface area contributed by atoms with Crippen LogP contribution in [0.3, 0.4) is 0 Å². The van der Waals surface area contributed by atoms with Crippen molar-refractivity contribution in [2.75, 3.05) is 38.3 Å². The summed E-state index contributed by atoms with van der Waals surface area (Å²) in [7, 11) is 0. The zero-order chi connectivity index (χ0) is 34.2. The maximum Gasteiger partial charge on any atom is 0.407 e. The lowest BCUT2D eigenvalue weighted by molar-refractivity contribution is -0.144. The molecular formula is C34H50N4O9. The second-order valence-corrected chi connectivity index (χ2v) is 12.2. The lowest BCUT2D eigenvalue weighted by atomic mass is 10.0. The summed E-state index contributed by atoms with van der Waals surface area (Å²) in [6, 6.07) is 4.96. The van der Waals surface area contributed by atoms with E-state index in [1.165, 1.54) is 6.92 Å². The molecule has 1 unspecified atom stereocenters. The molecule has 2 aliphatic rings. The van der Waals surface area contributed by atoms with Crippen LogP contribution >= 0.6 is 0 Å². The van der Waals surface area contributed by atoms with E-state index < -0.39 is 36.1 Å². The van der Waals surface area contributed by atoms with E-state index in [1.807, 2.05) is 0 Å². The SMILES string of the molecule is CCC(=O)OCc1ccc(NC(=O)[C@H](C)NC(=O)[C@@H](NC(=O)OCCOCCNC(=O)OCC2[C@H]3CC/C=C\CC[C@@H]23)C(C)C)cc1. The highest BCUT2D eigenvalue weighted by Crippen LogP contribution is 2.52. The molecule has 13 heteroatoms. The Morgan fingerprint density at radius 2 is 1.49 bits per heavy atom. The van der Waals surface area contributed by atoms with Gasteiger partial charge in [-0.1, -0.05) is 45.1 Å². The summed E-state index contributed by atoms with van der Waals surface area (Å²) in [5.41, 5.74) is 1.28. The molecule has 1 fully saturated rings. The lowest BCUT2D eigenvalue weighted by Crippen LogP contribution is -2.53. The quantitative estimate of drug-likeness (QED) is 0.0834. The highest BCUT2D eigenvalue weighted by atomic mass is 16.6. The summed E-state index contributed by atoms with van der Waals surface area (Å²) in [6.45, 7) is 7.87. The first-order valence-corrected chi connectivity index (χ1v) is 16.5. The van der Waals surface area contributed by atoms with Crippen LogP contribution in [0.25, 0.3) is 0 Å². The van der Waals surface area contributed by atoms with Crippen LogP contribution in [0, 0.1) is 23.7 Å². The molecule has 2 aliphatic carbocycles. The molecule has 4 N–H and O–H groups in total. The number of hydrogen-bond acceptors (Lipinski definition) is 9. The summed E-state index contributed by atoms with van der Waals surface area (Å²) in [6.07, 6.45) is 8.03. The van der Waals surface area contributed by atoms with Crippen molar-refractivity contribution in [1.82, 2.24) is 16.0 Å². The third kappa shape index (κ3) is 13.3. The van der Waals surface area contributed by atoms with E-state index >= 15 is 0 Å². The fourth-order valence-corrected chi connectivity index (χ4v) is 5.46. The molecular weight excluding hydrogens is 608 g/mol. The van der Waals surface area contributed by atoms with Gasteiger partial charge < -0.3 is 40.2 Å². The van der Waals surface area contributed by atoms with Crippen LogP contribution in [0.15, 0.2) is 36.4 Å². The van der Waals surface area contributed by atoms with Gasteiger partial charge in [0.1, 0.15) is 25.3 Å². The highest BCUT2D eigenvalue weighted by Gasteiger charge is 2.49. The Bertz CT molecular complexity index is 1200. The number of benzene rings is 1. The van der Waals surface area contributed by atoms with E-state index in [2.05, 4.69) is 33.4 Å². The molecule has 0 aliphatic heterocycles. The summed E-state index contributed by atoms with van der Waals surface area (Å²) in [5, 5.41) is 10.5. The Labute approximate surface area is 276 Å². The minimum Gasteiger partial charge on any atom is -0.461 e. The first-order chi connectivity index (χ1) is 22.6. The molecule has 1 aromatic carbocycles.